The van der Waals surface area contributed by atoms with Gasteiger partial charge in [0.25, 0.3) is 11.8 Å². The average molecular weight is 344 g/mol. The minimum atomic E-state index is -0.188. The molecule has 26 heavy (non-hydrogen) atoms. The van der Waals surface area contributed by atoms with Gasteiger partial charge in [0.05, 0.1) is 0 Å². The second-order valence-electron chi connectivity index (χ2n) is 6.22. The zero-order valence-electron chi connectivity index (χ0n) is 14.7. The summed E-state index contributed by atoms with van der Waals surface area (Å²) in [4.78, 5) is 24.6. The van der Waals surface area contributed by atoms with Crippen molar-refractivity contribution in [1.82, 2.24) is 0 Å². The van der Waals surface area contributed by atoms with Gasteiger partial charge < -0.3 is 10.6 Å². The van der Waals surface area contributed by atoms with E-state index in [0.717, 1.165) is 11.1 Å². The number of carbonyl (C=O) groups is 2. The van der Waals surface area contributed by atoms with Gasteiger partial charge in [-0.15, -0.1) is 0 Å². The number of hydrogen-bond donors (Lipinski definition) is 2. The van der Waals surface area contributed by atoms with E-state index < -0.39 is 0 Å². The van der Waals surface area contributed by atoms with Crippen molar-refractivity contribution in [2.24, 2.45) is 0 Å². The minimum absolute atomic E-state index is 0.188. The van der Waals surface area contributed by atoms with E-state index in [1.54, 1.807) is 48.5 Å². The summed E-state index contributed by atoms with van der Waals surface area (Å²) in [6.07, 6.45) is 0. The van der Waals surface area contributed by atoms with E-state index in [-0.39, 0.29) is 11.8 Å². The van der Waals surface area contributed by atoms with Crippen LogP contribution in [0.2, 0.25) is 0 Å². The predicted octanol–water partition coefficient (Wildman–Crippen LogP) is 4.81. The van der Waals surface area contributed by atoms with Crippen LogP contribution in [0.1, 0.15) is 31.8 Å². The van der Waals surface area contributed by atoms with Gasteiger partial charge in [-0.2, -0.15) is 0 Å². The molecule has 0 heterocycles. The maximum absolute atomic E-state index is 12.3. The minimum Gasteiger partial charge on any atom is -0.322 e. The smallest absolute Gasteiger partial charge is 0.255 e. The van der Waals surface area contributed by atoms with Crippen molar-refractivity contribution < 1.29 is 9.59 Å². The molecule has 0 unspecified atom stereocenters. The monoisotopic (exact) mass is 344 g/mol. The molecule has 0 spiro atoms. The zero-order valence-corrected chi connectivity index (χ0v) is 14.7. The third-order valence-electron chi connectivity index (χ3n) is 4.01. The summed E-state index contributed by atoms with van der Waals surface area (Å²) in [6, 6.07) is 21.8. The first-order valence-corrected chi connectivity index (χ1v) is 8.37. The molecule has 0 aliphatic carbocycles. The van der Waals surface area contributed by atoms with Gasteiger partial charge in [-0.25, -0.2) is 0 Å². The summed E-state index contributed by atoms with van der Waals surface area (Å²) in [5, 5.41) is 5.70. The third kappa shape index (κ3) is 4.36. The first-order valence-electron chi connectivity index (χ1n) is 8.37. The molecule has 0 bridgehead atoms. The van der Waals surface area contributed by atoms with E-state index >= 15 is 0 Å². The van der Waals surface area contributed by atoms with Gasteiger partial charge in [0.1, 0.15) is 0 Å². The summed E-state index contributed by atoms with van der Waals surface area (Å²) in [7, 11) is 0. The van der Waals surface area contributed by atoms with Crippen LogP contribution in [-0.4, -0.2) is 11.8 Å². The Labute approximate surface area is 152 Å². The Bertz CT molecular complexity index is 854. The fourth-order valence-corrected chi connectivity index (χ4v) is 2.49. The Hall–Kier alpha value is -3.40. The normalized spacial score (nSPS) is 10.2. The Morgan fingerprint density at radius 2 is 1.00 bits per heavy atom. The molecule has 4 nitrogen and oxygen atoms in total. The van der Waals surface area contributed by atoms with Gasteiger partial charge in [-0.1, -0.05) is 41.5 Å². The van der Waals surface area contributed by atoms with Crippen LogP contribution in [0.3, 0.4) is 0 Å². The molecule has 0 fully saturated rings. The highest BCUT2D eigenvalue weighted by Gasteiger charge is 2.08. The predicted molar refractivity (Wildman–Crippen MR) is 105 cm³/mol. The standard InChI is InChI=1S/C22H20N2O2/c1-15-6-10-17(11-7-15)21(25)23-19-4-3-5-20(14-19)24-22(26)18-12-8-16(2)9-13-18/h3-14H,1-2H3,(H,23,25)(H,24,26). The first-order chi connectivity index (χ1) is 12.5. The number of rotatable bonds is 4. The second-order valence-corrected chi connectivity index (χ2v) is 6.22. The van der Waals surface area contributed by atoms with Crippen LogP contribution in [0, 0.1) is 13.8 Å². The highest BCUT2D eigenvalue weighted by Crippen LogP contribution is 2.17. The van der Waals surface area contributed by atoms with Crippen molar-refractivity contribution >= 4 is 23.2 Å². The lowest BCUT2D eigenvalue weighted by Gasteiger charge is -2.09. The maximum atomic E-state index is 12.3. The number of anilines is 2. The van der Waals surface area contributed by atoms with Gasteiger partial charge in [0.2, 0.25) is 0 Å². The molecule has 130 valence electrons. The summed E-state index contributed by atoms with van der Waals surface area (Å²) in [5.74, 6) is -0.376. The van der Waals surface area contributed by atoms with Crippen LogP contribution in [0.15, 0.2) is 72.8 Å². The van der Waals surface area contributed by atoms with E-state index in [1.165, 1.54) is 0 Å². The molecule has 3 aromatic rings. The van der Waals surface area contributed by atoms with Crippen LogP contribution in [0.5, 0.6) is 0 Å². The molecule has 0 saturated heterocycles. The lowest BCUT2D eigenvalue weighted by Crippen LogP contribution is -2.14. The number of nitrogens with one attached hydrogen (secondary N) is 2. The Kier molecular flexibility index (Phi) is 5.13. The third-order valence-corrected chi connectivity index (χ3v) is 4.01. The molecule has 0 radical (unpaired) electrons. The van der Waals surface area contributed by atoms with Crippen molar-refractivity contribution in [2.45, 2.75) is 13.8 Å². The van der Waals surface area contributed by atoms with E-state index in [0.29, 0.717) is 22.5 Å². The number of aryl methyl sites for hydroxylation is 2. The zero-order chi connectivity index (χ0) is 18.5. The van der Waals surface area contributed by atoms with Crippen LogP contribution in [-0.2, 0) is 0 Å². The molecule has 0 aliphatic rings. The fraction of sp³-hybridized carbons (Fsp3) is 0.0909. The molecule has 0 aromatic heterocycles. The number of benzene rings is 3. The van der Waals surface area contributed by atoms with Crippen molar-refractivity contribution in [3.8, 4) is 0 Å². The molecule has 3 aromatic carbocycles. The SMILES string of the molecule is Cc1ccc(C(=O)Nc2cccc(NC(=O)c3ccc(C)cc3)c2)cc1. The van der Waals surface area contributed by atoms with E-state index in [2.05, 4.69) is 10.6 Å². The van der Waals surface area contributed by atoms with E-state index in [4.69, 9.17) is 0 Å². The van der Waals surface area contributed by atoms with Crippen molar-refractivity contribution in [3.63, 3.8) is 0 Å². The summed E-state index contributed by atoms with van der Waals surface area (Å²) in [5.41, 5.74) is 4.62. The van der Waals surface area contributed by atoms with Gasteiger partial charge in [-0.05, 0) is 56.3 Å². The number of carbonyl (C=O) groups excluding carboxylic acids is 2. The molecule has 2 N–H and O–H groups in total. The fourth-order valence-electron chi connectivity index (χ4n) is 2.49. The first kappa shape index (κ1) is 17.4. The van der Waals surface area contributed by atoms with Gasteiger partial charge in [0, 0.05) is 22.5 Å². The number of amides is 2. The second kappa shape index (κ2) is 7.66. The van der Waals surface area contributed by atoms with Crippen molar-refractivity contribution in [3.05, 3.63) is 95.1 Å². The average Bonchev–Trinajstić information content (AvgIpc) is 2.63. The van der Waals surface area contributed by atoms with Crippen LogP contribution < -0.4 is 10.6 Å². The topological polar surface area (TPSA) is 58.2 Å². The Morgan fingerprint density at radius 3 is 1.38 bits per heavy atom. The summed E-state index contributed by atoms with van der Waals surface area (Å²) >= 11 is 0. The molecule has 0 saturated carbocycles. The molecular formula is C22H20N2O2. The largest absolute Gasteiger partial charge is 0.322 e. The lowest BCUT2D eigenvalue weighted by molar-refractivity contribution is 0.101. The van der Waals surface area contributed by atoms with E-state index in [1.807, 2.05) is 38.1 Å². The molecule has 3 rings (SSSR count). The highest BCUT2D eigenvalue weighted by atomic mass is 16.2. The number of hydrogen-bond acceptors (Lipinski definition) is 2. The van der Waals surface area contributed by atoms with Gasteiger partial charge >= 0.3 is 0 Å². The van der Waals surface area contributed by atoms with E-state index in [9.17, 15) is 9.59 Å². The molecular weight excluding hydrogens is 324 g/mol. The quantitative estimate of drug-likeness (QED) is 0.714. The van der Waals surface area contributed by atoms with Crippen molar-refractivity contribution in [1.29, 1.82) is 0 Å². The summed E-state index contributed by atoms with van der Waals surface area (Å²) < 4.78 is 0. The molecule has 4 heteroatoms. The molecule has 0 atom stereocenters. The highest BCUT2D eigenvalue weighted by molar-refractivity contribution is 6.06. The van der Waals surface area contributed by atoms with Crippen LogP contribution in [0.4, 0.5) is 11.4 Å². The van der Waals surface area contributed by atoms with Crippen LogP contribution in [0.25, 0.3) is 0 Å². The Balaban J connectivity index is 1.69. The molecule has 2 amide bonds. The van der Waals surface area contributed by atoms with Crippen LogP contribution >= 0.6 is 0 Å². The van der Waals surface area contributed by atoms with Gasteiger partial charge in [-0.3, -0.25) is 9.59 Å². The van der Waals surface area contributed by atoms with Gasteiger partial charge in [0.15, 0.2) is 0 Å². The lowest BCUT2D eigenvalue weighted by atomic mass is 10.1. The Morgan fingerprint density at radius 1 is 0.615 bits per heavy atom. The van der Waals surface area contributed by atoms with Crippen molar-refractivity contribution in [2.75, 3.05) is 10.6 Å². The maximum Gasteiger partial charge on any atom is 0.255 e. The molecule has 0 aliphatic heterocycles. The summed E-state index contributed by atoms with van der Waals surface area (Å²) in [6.45, 7) is 3.95.